The third kappa shape index (κ3) is 5.55. The van der Waals surface area contributed by atoms with Crippen molar-refractivity contribution in [1.82, 2.24) is 5.32 Å². The van der Waals surface area contributed by atoms with E-state index in [0.717, 1.165) is 11.1 Å². The Morgan fingerprint density at radius 3 is 2.48 bits per heavy atom. The molecule has 2 amide bonds. The summed E-state index contributed by atoms with van der Waals surface area (Å²) >= 11 is 0. The van der Waals surface area contributed by atoms with Crippen LogP contribution in [0.25, 0.3) is 0 Å². The molecule has 0 aliphatic carbocycles. The summed E-state index contributed by atoms with van der Waals surface area (Å²) in [6.45, 7) is 7.87. The quantitative estimate of drug-likeness (QED) is 0.724. The topological polar surface area (TPSA) is 78.4 Å². The molecule has 0 aromatic heterocycles. The van der Waals surface area contributed by atoms with Gasteiger partial charge in [-0.3, -0.25) is 9.59 Å². The van der Waals surface area contributed by atoms with Crippen LogP contribution in [0.2, 0.25) is 0 Å². The molecule has 0 aliphatic heterocycles. The summed E-state index contributed by atoms with van der Waals surface area (Å²) in [7, 11) is 0. The van der Waals surface area contributed by atoms with Gasteiger partial charge in [-0.1, -0.05) is 26.0 Å². The molecular weight excluding hydrogens is 268 g/mol. The molecule has 0 fully saturated rings. The average Bonchev–Trinajstić information content (AvgIpc) is 2.40. The highest BCUT2D eigenvalue weighted by Gasteiger charge is 2.16. The predicted octanol–water partition coefficient (Wildman–Crippen LogP) is 1.77. The Morgan fingerprint density at radius 1 is 1.19 bits per heavy atom. The molecule has 5 nitrogen and oxygen atoms in total. The Kier molecular flexibility index (Phi) is 6.37. The summed E-state index contributed by atoms with van der Waals surface area (Å²) in [5.41, 5.74) is 2.59. The molecule has 21 heavy (non-hydrogen) atoms. The largest absolute Gasteiger partial charge is 0.391 e. The Hall–Kier alpha value is -1.88. The highest BCUT2D eigenvalue weighted by Crippen LogP contribution is 2.17. The number of amides is 2. The fraction of sp³-hybridized carbons (Fsp3) is 0.500. The van der Waals surface area contributed by atoms with Crippen LogP contribution in [0.1, 0.15) is 31.4 Å². The van der Waals surface area contributed by atoms with Gasteiger partial charge in [-0.25, -0.2) is 0 Å². The standard InChI is InChI=1S/C16H24N2O3/c1-10(2)8-13(19)9-17-15(20)16(21)18-14-7-5-6-11(3)12(14)4/h5-7,10,13,19H,8-9H2,1-4H3,(H,17,20)(H,18,21). The van der Waals surface area contributed by atoms with E-state index in [1.54, 1.807) is 6.07 Å². The van der Waals surface area contributed by atoms with Gasteiger partial charge in [0, 0.05) is 12.2 Å². The molecule has 0 saturated carbocycles. The summed E-state index contributed by atoms with van der Waals surface area (Å²) in [5.74, 6) is -1.13. The lowest BCUT2D eigenvalue weighted by molar-refractivity contribution is -0.136. The van der Waals surface area contributed by atoms with E-state index in [4.69, 9.17) is 0 Å². The molecule has 116 valence electrons. The number of nitrogens with one attached hydrogen (secondary N) is 2. The van der Waals surface area contributed by atoms with E-state index in [0.29, 0.717) is 18.0 Å². The van der Waals surface area contributed by atoms with E-state index in [1.807, 2.05) is 39.8 Å². The lowest BCUT2D eigenvalue weighted by Crippen LogP contribution is -2.39. The average molecular weight is 292 g/mol. The Bertz CT molecular complexity index is 512. The number of carbonyl (C=O) groups is 2. The van der Waals surface area contributed by atoms with Gasteiger partial charge in [0.25, 0.3) is 0 Å². The van der Waals surface area contributed by atoms with Gasteiger partial charge < -0.3 is 15.7 Å². The zero-order valence-electron chi connectivity index (χ0n) is 13.1. The minimum Gasteiger partial charge on any atom is -0.391 e. The first-order valence-electron chi connectivity index (χ1n) is 7.14. The molecule has 0 heterocycles. The number of benzene rings is 1. The number of aryl methyl sites for hydroxylation is 1. The van der Waals surface area contributed by atoms with Gasteiger partial charge in [0.1, 0.15) is 0 Å². The van der Waals surface area contributed by atoms with Crippen molar-refractivity contribution >= 4 is 17.5 Å². The molecule has 1 atom stereocenters. The maximum Gasteiger partial charge on any atom is 0.313 e. The second kappa shape index (κ2) is 7.78. The lowest BCUT2D eigenvalue weighted by Gasteiger charge is -2.14. The molecule has 5 heteroatoms. The molecule has 1 unspecified atom stereocenters. The zero-order valence-corrected chi connectivity index (χ0v) is 13.1. The highest BCUT2D eigenvalue weighted by atomic mass is 16.3. The molecule has 1 rings (SSSR count). The van der Waals surface area contributed by atoms with Crippen LogP contribution >= 0.6 is 0 Å². The van der Waals surface area contributed by atoms with Gasteiger partial charge in [-0.2, -0.15) is 0 Å². The summed E-state index contributed by atoms with van der Waals surface area (Å²) in [6.07, 6.45) is -0.0544. The number of aliphatic hydroxyl groups excluding tert-OH is 1. The third-order valence-electron chi connectivity index (χ3n) is 3.30. The summed E-state index contributed by atoms with van der Waals surface area (Å²) in [4.78, 5) is 23.5. The second-order valence-electron chi connectivity index (χ2n) is 5.69. The fourth-order valence-electron chi connectivity index (χ4n) is 1.98. The minimum absolute atomic E-state index is 0.0806. The van der Waals surface area contributed by atoms with Gasteiger partial charge in [-0.05, 0) is 43.4 Å². The van der Waals surface area contributed by atoms with Crippen LogP contribution < -0.4 is 10.6 Å². The fourth-order valence-corrected chi connectivity index (χ4v) is 1.98. The van der Waals surface area contributed by atoms with E-state index < -0.39 is 17.9 Å². The van der Waals surface area contributed by atoms with Crippen molar-refractivity contribution in [2.75, 3.05) is 11.9 Å². The number of hydrogen-bond donors (Lipinski definition) is 3. The molecule has 0 bridgehead atoms. The Labute approximate surface area is 125 Å². The number of carbonyl (C=O) groups excluding carboxylic acids is 2. The summed E-state index contributed by atoms with van der Waals surface area (Å²) in [5, 5.41) is 14.7. The van der Waals surface area contributed by atoms with Gasteiger partial charge >= 0.3 is 11.8 Å². The Morgan fingerprint density at radius 2 is 1.86 bits per heavy atom. The van der Waals surface area contributed by atoms with Crippen LogP contribution in [0, 0.1) is 19.8 Å². The maximum absolute atomic E-state index is 11.8. The first-order valence-corrected chi connectivity index (χ1v) is 7.14. The molecular formula is C16H24N2O3. The lowest BCUT2D eigenvalue weighted by atomic mass is 10.1. The summed E-state index contributed by atoms with van der Waals surface area (Å²) < 4.78 is 0. The smallest absolute Gasteiger partial charge is 0.313 e. The monoisotopic (exact) mass is 292 g/mol. The normalized spacial score (nSPS) is 12.1. The molecule has 0 radical (unpaired) electrons. The van der Waals surface area contributed by atoms with Crippen LogP contribution in [0.15, 0.2) is 18.2 Å². The number of rotatable bonds is 5. The Balaban J connectivity index is 2.52. The van der Waals surface area contributed by atoms with E-state index >= 15 is 0 Å². The predicted molar refractivity (Wildman–Crippen MR) is 83.0 cm³/mol. The number of anilines is 1. The summed E-state index contributed by atoms with van der Waals surface area (Å²) in [6, 6.07) is 5.51. The van der Waals surface area contributed by atoms with Crippen LogP contribution in [0.5, 0.6) is 0 Å². The van der Waals surface area contributed by atoms with Crippen molar-refractivity contribution in [1.29, 1.82) is 0 Å². The van der Waals surface area contributed by atoms with Gasteiger partial charge in [0.2, 0.25) is 0 Å². The zero-order chi connectivity index (χ0) is 16.0. The van der Waals surface area contributed by atoms with Crippen molar-refractivity contribution in [3.8, 4) is 0 Å². The molecule has 0 saturated heterocycles. The van der Waals surface area contributed by atoms with E-state index in [1.165, 1.54) is 0 Å². The van der Waals surface area contributed by atoms with E-state index in [-0.39, 0.29) is 6.54 Å². The van der Waals surface area contributed by atoms with Crippen molar-refractivity contribution < 1.29 is 14.7 Å². The molecule has 0 spiro atoms. The van der Waals surface area contributed by atoms with Crippen LogP contribution in [0.4, 0.5) is 5.69 Å². The van der Waals surface area contributed by atoms with Crippen LogP contribution in [-0.4, -0.2) is 29.6 Å². The first-order chi connectivity index (χ1) is 9.81. The second-order valence-corrected chi connectivity index (χ2v) is 5.69. The van der Waals surface area contributed by atoms with Crippen molar-refractivity contribution in [3.05, 3.63) is 29.3 Å². The minimum atomic E-state index is -0.737. The van der Waals surface area contributed by atoms with Crippen LogP contribution in [-0.2, 0) is 9.59 Å². The number of aliphatic hydroxyl groups is 1. The maximum atomic E-state index is 11.8. The van der Waals surface area contributed by atoms with Crippen molar-refractivity contribution in [2.24, 2.45) is 5.92 Å². The van der Waals surface area contributed by atoms with Gasteiger partial charge in [-0.15, -0.1) is 0 Å². The van der Waals surface area contributed by atoms with E-state index in [2.05, 4.69) is 10.6 Å². The molecule has 3 N–H and O–H groups in total. The third-order valence-corrected chi connectivity index (χ3v) is 3.30. The van der Waals surface area contributed by atoms with E-state index in [9.17, 15) is 14.7 Å². The SMILES string of the molecule is Cc1cccc(NC(=O)C(=O)NCC(O)CC(C)C)c1C. The molecule has 1 aromatic carbocycles. The molecule has 1 aromatic rings. The number of hydrogen-bond acceptors (Lipinski definition) is 3. The first kappa shape index (κ1) is 17.2. The van der Waals surface area contributed by atoms with Crippen molar-refractivity contribution in [2.45, 2.75) is 40.2 Å². The molecule has 0 aliphatic rings. The van der Waals surface area contributed by atoms with Crippen molar-refractivity contribution in [3.63, 3.8) is 0 Å². The van der Waals surface area contributed by atoms with Gasteiger partial charge in [0.15, 0.2) is 0 Å². The van der Waals surface area contributed by atoms with Gasteiger partial charge in [0.05, 0.1) is 6.10 Å². The van der Waals surface area contributed by atoms with Crippen LogP contribution in [0.3, 0.4) is 0 Å². The highest BCUT2D eigenvalue weighted by molar-refractivity contribution is 6.39.